The third-order valence-electron chi connectivity index (χ3n) is 3.53. The van der Waals surface area contributed by atoms with Crippen LogP contribution in [0.4, 0.5) is 5.69 Å². The van der Waals surface area contributed by atoms with E-state index in [0.717, 1.165) is 25.1 Å². The van der Waals surface area contributed by atoms with Crippen LogP contribution in [0.15, 0.2) is 54.6 Å². The molecular formula is C16H18N2. The Morgan fingerprint density at radius 1 is 0.889 bits per heavy atom. The minimum absolute atomic E-state index is 0.0537. The van der Waals surface area contributed by atoms with Gasteiger partial charge in [0.15, 0.2) is 0 Å². The Balaban J connectivity index is 1.69. The molecule has 18 heavy (non-hydrogen) atoms. The van der Waals surface area contributed by atoms with E-state index in [1.165, 1.54) is 11.1 Å². The van der Waals surface area contributed by atoms with Gasteiger partial charge in [0, 0.05) is 17.8 Å². The van der Waals surface area contributed by atoms with Crippen LogP contribution in [0, 0.1) is 0 Å². The maximum atomic E-state index is 6.05. The third-order valence-corrected chi connectivity index (χ3v) is 3.53. The lowest BCUT2D eigenvalue weighted by molar-refractivity contribution is 0.713. The van der Waals surface area contributed by atoms with E-state index < -0.39 is 0 Å². The van der Waals surface area contributed by atoms with Crippen molar-refractivity contribution in [3.63, 3.8) is 0 Å². The van der Waals surface area contributed by atoms with Gasteiger partial charge in [0.05, 0.1) is 0 Å². The summed E-state index contributed by atoms with van der Waals surface area (Å²) in [5.74, 6) is 0. The second-order valence-corrected chi connectivity index (χ2v) is 5.16. The molecule has 0 amide bonds. The molecule has 0 aliphatic heterocycles. The lowest BCUT2D eigenvalue weighted by Crippen LogP contribution is -2.30. The second-order valence-electron chi connectivity index (χ2n) is 5.16. The first-order chi connectivity index (χ1) is 8.75. The molecule has 2 nitrogen and oxygen atoms in total. The maximum Gasteiger partial charge on any atom is 0.0341 e. The summed E-state index contributed by atoms with van der Waals surface area (Å²) in [5.41, 5.74) is 9.75. The molecule has 0 atom stereocenters. The van der Waals surface area contributed by atoms with Crippen molar-refractivity contribution in [3.8, 4) is 11.1 Å². The van der Waals surface area contributed by atoms with E-state index in [4.69, 9.17) is 5.73 Å². The smallest absolute Gasteiger partial charge is 0.0341 e. The van der Waals surface area contributed by atoms with Gasteiger partial charge in [-0.25, -0.2) is 0 Å². The first kappa shape index (κ1) is 11.3. The van der Waals surface area contributed by atoms with Gasteiger partial charge in [-0.15, -0.1) is 0 Å². The number of nitrogens with one attached hydrogen (secondary N) is 1. The topological polar surface area (TPSA) is 38.0 Å². The summed E-state index contributed by atoms with van der Waals surface area (Å²) in [6.07, 6.45) is 2.28. The number of rotatable bonds is 4. The van der Waals surface area contributed by atoms with Crippen LogP contribution in [-0.2, 0) is 0 Å². The van der Waals surface area contributed by atoms with Crippen LogP contribution in [0.1, 0.15) is 12.8 Å². The van der Waals surface area contributed by atoms with Crippen molar-refractivity contribution in [3.05, 3.63) is 54.6 Å². The van der Waals surface area contributed by atoms with Crippen LogP contribution >= 0.6 is 0 Å². The molecular weight excluding hydrogens is 220 g/mol. The Labute approximate surface area is 108 Å². The molecule has 0 unspecified atom stereocenters. The highest BCUT2D eigenvalue weighted by atomic mass is 15.0. The highest BCUT2D eigenvalue weighted by molar-refractivity contribution is 5.65. The summed E-state index contributed by atoms with van der Waals surface area (Å²) in [4.78, 5) is 0. The number of hydrogen-bond donors (Lipinski definition) is 2. The third kappa shape index (κ3) is 2.54. The summed E-state index contributed by atoms with van der Waals surface area (Å²) < 4.78 is 0. The average Bonchev–Trinajstić information content (AvgIpc) is 3.17. The van der Waals surface area contributed by atoms with Gasteiger partial charge in [-0.2, -0.15) is 0 Å². The molecule has 1 aliphatic rings. The molecule has 0 heterocycles. The highest BCUT2D eigenvalue weighted by Gasteiger charge is 2.37. The van der Waals surface area contributed by atoms with E-state index in [1.54, 1.807) is 0 Å². The van der Waals surface area contributed by atoms with Gasteiger partial charge >= 0.3 is 0 Å². The normalized spacial score (nSPS) is 16.3. The average molecular weight is 238 g/mol. The first-order valence-electron chi connectivity index (χ1n) is 6.43. The van der Waals surface area contributed by atoms with E-state index >= 15 is 0 Å². The minimum atomic E-state index is 0.0537. The van der Waals surface area contributed by atoms with Crippen molar-refractivity contribution in [1.29, 1.82) is 0 Å². The Hall–Kier alpha value is -1.80. The fraction of sp³-hybridized carbons (Fsp3) is 0.250. The van der Waals surface area contributed by atoms with Crippen molar-refractivity contribution in [1.82, 2.24) is 0 Å². The van der Waals surface area contributed by atoms with Crippen molar-refractivity contribution < 1.29 is 0 Å². The predicted octanol–water partition coefficient (Wildman–Crippen LogP) is 3.26. The number of anilines is 1. The van der Waals surface area contributed by atoms with Gasteiger partial charge in [-0.3, -0.25) is 0 Å². The van der Waals surface area contributed by atoms with Crippen LogP contribution in [0.2, 0.25) is 0 Å². The molecule has 0 spiro atoms. The largest absolute Gasteiger partial charge is 0.383 e. The summed E-state index contributed by atoms with van der Waals surface area (Å²) >= 11 is 0. The molecule has 0 aromatic heterocycles. The molecule has 0 radical (unpaired) electrons. The molecule has 0 saturated heterocycles. The van der Waals surface area contributed by atoms with E-state index in [0.29, 0.717) is 0 Å². The first-order valence-corrected chi connectivity index (χ1v) is 6.43. The molecule has 92 valence electrons. The molecule has 3 N–H and O–H groups in total. The molecule has 1 saturated carbocycles. The highest BCUT2D eigenvalue weighted by Crippen LogP contribution is 2.32. The van der Waals surface area contributed by atoms with Gasteiger partial charge in [-0.05, 0) is 36.1 Å². The van der Waals surface area contributed by atoms with Crippen LogP contribution in [-0.4, -0.2) is 12.1 Å². The molecule has 2 aromatic carbocycles. The molecule has 1 fully saturated rings. The second kappa shape index (κ2) is 4.46. The SMILES string of the molecule is NC1(CNc2ccc(-c3ccccc3)cc2)CC1. The van der Waals surface area contributed by atoms with Crippen molar-refractivity contribution in [2.24, 2.45) is 5.73 Å². The standard InChI is InChI=1S/C16H18N2/c17-16(10-11-16)12-18-15-8-6-14(7-9-15)13-4-2-1-3-5-13/h1-9,18H,10-12,17H2. The number of benzene rings is 2. The fourth-order valence-corrected chi connectivity index (χ4v) is 2.03. The predicted molar refractivity (Wildman–Crippen MR) is 76.5 cm³/mol. The monoisotopic (exact) mass is 238 g/mol. The van der Waals surface area contributed by atoms with Gasteiger partial charge in [0.25, 0.3) is 0 Å². The molecule has 3 rings (SSSR count). The van der Waals surface area contributed by atoms with E-state index in [2.05, 4.69) is 53.8 Å². The van der Waals surface area contributed by atoms with Crippen LogP contribution < -0.4 is 11.1 Å². The lowest BCUT2D eigenvalue weighted by Gasteiger charge is -2.12. The maximum absolute atomic E-state index is 6.05. The van der Waals surface area contributed by atoms with Gasteiger partial charge in [-0.1, -0.05) is 42.5 Å². The van der Waals surface area contributed by atoms with Crippen molar-refractivity contribution in [2.45, 2.75) is 18.4 Å². The van der Waals surface area contributed by atoms with E-state index in [1.807, 2.05) is 6.07 Å². The van der Waals surface area contributed by atoms with Gasteiger partial charge < -0.3 is 11.1 Å². The Morgan fingerprint density at radius 3 is 2.11 bits per heavy atom. The number of nitrogens with two attached hydrogens (primary N) is 1. The molecule has 0 bridgehead atoms. The van der Waals surface area contributed by atoms with Crippen molar-refractivity contribution >= 4 is 5.69 Å². The van der Waals surface area contributed by atoms with Crippen LogP contribution in [0.3, 0.4) is 0 Å². The van der Waals surface area contributed by atoms with E-state index in [-0.39, 0.29) is 5.54 Å². The number of hydrogen-bond acceptors (Lipinski definition) is 2. The summed E-state index contributed by atoms with van der Waals surface area (Å²) in [6.45, 7) is 0.873. The quantitative estimate of drug-likeness (QED) is 0.858. The molecule has 1 aliphatic carbocycles. The van der Waals surface area contributed by atoms with Crippen LogP contribution in [0.25, 0.3) is 11.1 Å². The molecule has 2 heteroatoms. The van der Waals surface area contributed by atoms with Gasteiger partial charge in [0.1, 0.15) is 0 Å². The zero-order valence-corrected chi connectivity index (χ0v) is 10.4. The van der Waals surface area contributed by atoms with E-state index in [9.17, 15) is 0 Å². The Kier molecular flexibility index (Phi) is 2.80. The molecule has 2 aromatic rings. The van der Waals surface area contributed by atoms with Crippen LogP contribution in [0.5, 0.6) is 0 Å². The van der Waals surface area contributed by atoms with Gasteiger partial charge in [0.2, 0.25) is 0 Å². The fourth-order valence-electron chi connectivity index (χ4n) is 2.03. The lowest BCUT2D eigenvalue weighted by atomic mass is 10.1. The summed E-state index contributed by atoms with van der Waals surface area (Å²) in [6, 6.07) is 18.9. The van der Waals surface area contributed by atoms with Crippen molar-refractivity contribution in [2.75, 3.05) is 11.9 Å². The zero-order valence-electron chi connectivity index (χ0n) is 10.4. The summed E-state index contributed by atoms with van der Waals surface area (Å²) in [5, 5.41) is 3.40. The minimum Gasteiger partial charge on any atom is -0.383 e. The zero-order chi connectivity index (χ0) is 12.4. The summed E-state index contributed by atoms with van der Waals surface area (Å²) in [7, 11) is 0. The Bertz CT molecular complexity index is 513. The Morgan fingerprint density at radius 2 is 1.50 bits per heavy atom.